The van der Waals surface area contributed by atoms with Gasteiger partial charge in [0.15, 0.2) is 5.96 Å². The molecular formula is C21H22F3N7O2S. The smallest absolute Gasteiger partial charge is 0.370 e. The molecule has 3 N–H and O–H groups in total. The van der Waals surface area contributed by atoms with Crippen molar-refractivity contribution in [2.45, 2.75) is 30.6 Å². The third-order valence-electron chi connectivity index (χ3n) is 4.86. The maximum Gasteiger partial charge on any atom is 0.417 e. The lowest BCUT2D eigenvalue weighted by molar-refractivity contribution is -0.137. The number of alkyl halides is 3. The fraction of sp³-hybridized carbons (Fsp3) is 0.238. The van der Waals surface area contributed by atoms with Gasteiger partial charge in [-0.15, -0.1) is 0 Å². The fourth-order valence-electron chi connectivity index (χ4n) is 2.98. The largest absolute Gasteiger partial charge is 0.417 e. The van der Waals surface area contributed by atoms with Crippen LogP contribution in [0.1, 0.15) is 29.9 Å². The van der Waals surface area contributed by atoms with Crippen LogP contribution in [-0.4, -0.2) is 40.7 Å². The zero-order valence-electron chi connectivity index (χ0n) is 18.2. The Hall–Kier alpha value is -3.58. The number of nitrogens with one attached hydrogen (secondary N) is 1. The molecule has 0 saturated carbocycles. The third kappa shape index (κ3) is 5.85. The van der Waals surface area contributed by atoms with Gasteiger partial charge in [0.2, 0.25) is 10.0 Å². The summed E-state index contributed by atoms with van der Waals surface area (Å²) in [5.41, 5.74) is 5.26. The van der Waals surface area contributed by atoms with Gasteiger partial charge in [-0.25, -0.2) is 13.4 Å². The van der Waals surface area contributed by atoms with Crippen molar-refractivity contribution < 1.29 is 21.6 Å². The van der Waals surface area contributed by atoms with Crippen LogP contribution in [0.3, 0.4) is 0 Å². The lowest BCUT2D eigenvalue weighted by atomic mass is 10.2. The Morgan fingerprint density at radius 2 is 1.88 bits per heavy atom. The number of nitrogens with zero attached hydrogens (tertiary/aromatic N) is 5. The summed E-state index contributed by atoms with van der Waals surface area (Å²) in [4.78, 5) is 15.7. The molecule has 1 atom stereocenters. The Balaban J connectivity index is 1.97. The van der Waals surface area contributed by atoms with Gasteiger partial charge in [-0.2, -0.15) is 17.5 Å². The molecule has 3 heterocycles. The predicted molar refractivity (Wildman–Crippen MR) is 120 cm³/mol. The van der Waals surface area contributed by atoms with Gasteiger partial charge in [-0.05, 0) is 43.3 Å². The molecule has 0 amide bonds. The zero-order valence-corrected chi connectivity index (χ0v) is 19.0. The number of pyridine rings is 3. The van der Waals surface area contributed by atoms with Gasteiger partial charge in [0, 0.05) is 25.6 Å². The normalized spacial score (nSPS) is 13.6. The highest BCUT2D eigenvalue weighted by Gasteiger charge is 2.33. The standard InChI is InChI=1S/C21H22F3N7O2S/c1-14(18-5-3-4-10-27-18)31(13-16-7-6-15(11-28-16)21(22,23)24)34(32,33)17-8-9-19(29-12-17)30-20(25)26-2/h3-12,14H,13H2,1-2H3,(H3,25,26,29,30). The minimum absolute atomic E-state index is 0.0990. The van der Waals surface area contributed by atoms with E-state index in [2.05, 4.69) is 25.3 Å². The van der Waals surface area contributed by atoms with Crippen molar-refractivity contribution in [2.75, 3.05) is 12.4 Å². The number of halogens is 3. The monoisotopic (exact) mass is 493 g/mol. The fourth-order valence-corrected chi connectivity index (χ4v) is 4.50. The van der Waals surface area contributed by atoms with Gasteiger partial charge in [-0.1, -0.05) is 6.07 Å². The van der Waals surface area contributed by atoms with Gasteiger partial charge in [0.1, 0.15) is 10.7 Å². The molecule has 0 radical (unpaired) electrons. The molecule has 0 fully saturated rings. The molecule has 9 nitrogen and oxygen atoms in total. The summed E-state index contributed by atoms with van der Waals surface area (Å²) in [7, 11) is -2.68. The number of guanidine groups is 1. The van der Waals surface area contributed by atoms with Crippen LogP contribution in [0, 0.1) is 0 Å². The molecule has 3 aromatic heterocycles. The number of aliphatic imine (C=N–C) groups is 1. The Morgan fingerprint density at radius 1 is 1.12 bits per heavy atom. The van der Waals surface area contributed by atoms with E-state index in [-0.39, 0.29) is 28.9 Å². The minimum atomic E-state index is -4.55. The van der Waals surface area contributed by atoms with E-state index in [1.165, 1.54) is 25.4 Å². The van der Waals surface area contributed by atoms with E-state index in [0.717, 1.165) is 22.6 Å². The first-order chi connectivity index (χ1) is 16.0. The Kier molecular flexibility index (Phi) is 7.47. The number of sulfonamides is 1. The van der Waals surface area contributed by atoms with E-state index in [9.17, 15) is 21.6 Å². The van der Waals surface area contributed by atoms with E-state index in [0.29, 0.717) is 11.9 Å². The third-order valence-corrected chi connectivity index (χ3v) is 6.76. The SMILES string of the molecule is CN=C(N)Nc1ccc(S(=O)(=O)N(Cc2ccc(C(F)(F)F)cn2)C(C)c2ccccn2)cn1. The number of aromatic nitrogens is 3. The molecule has 0 bridgehead atoms. The highest BCUT2D eigenvalue weighted by molar-refractivity contribution is 7.89. The van der Waals surface area contributed by atoms with Crippen molar-refractivity contribution in [1.82, 2.24) is 19.3 Å². The van der Waals surface area contributed by atoms with Gasteiger partial charge in [0.05, 0.1) is 29.5 Å². The topological polar surface area (TPSA) is 126 Å². The minimum Gasteiger partial charge on any atom is -0.370 e. The second-order valence-electron chi connectivity index (χ2n) is 7.13. The van der Waals surface area contributed by atoms with Crippen LogP contribution < -0.4 is 11.1 Å². The first-order valence-electron chi connectivity index (χ1n) is 9.92. The van der Waals surface area contributed by atoms with E-state index < -0.39 is 27.8 Å². The molecule has 0 saturated heterocycles. The maximum absolute atomic E-state index is 13.5. The molecule has 180 valence electrons. The van der Waals surface area contributed by atoms with Gasteiger partial charge >= 0.3 is 6.18 Å². The molecule has 3 aromatic rings. The summed E-state index contributed by atoms with van der Waals surface area (Å²) in [5, 5.41) is 2.70. The second-order valence-corrected chi connectivity index (χ2v) is 9.02. The average Bonchev–Trinajstić information content (AvgIpc) is 2.82. The van der Waals surface area contributed by atoms with E-state index in [1.54, 1.807) is 25.1 Å². The molecule has 1 unspecified atom stereocenters. The van der Waals surface area contributed by atoms with Crippen LogP contribution in [-0.2, 0) is 22.7 Å². The van der Waals surface area contributed by atoms with Crippen LogP contribution in [0.2, 0.25) is 0 Å². The lowest BCUT2D eigenvalue weighted by Crippen LogP contribution is -2.34. The molecule has 34 heavy (non-hydrogen) atoms. The van der Waals surface area contributed by atoms with Gasteiger partial charge < -0.3 is 11.1 Å². The Bertz CT molecular complexity index is 1230. The summed E-state index contributed by atoms with van der Waals surface area (Å²) in [6, 6.07) is 9.07. The lowest BCUT2D eigenvalue weighted by Gasteiger charge is -2.28. The molecule has 0 aromatic carbocycles. The summed E-state index contributed by atoms with van der Waals surface area (Å²) < 4.78 is 66.9. The quantitative estimate of drug-likeness (QED) is 0.382. The Labute approximate surface area is 194 Å². The molecular weight excluding hydrogens is 471 g/mol. The van der Waals surface area contributed by atoms with Crippen LogP contribution in [0.4, 0.5) is 19.0 Å². The first kappa shape index (κ1) is 25.1. The van der Waals surface area contributed by atoms with Crippen LogP contribution in [0.25, 0.3) is 0 Å². The maximum atomic E-state index is 13.5. The van der Waals surface area contributed by atoms with E-state index >= 15 is 0 Å². The molecule has 0 spiro atoms. The summed E-state index contributed by atoms with van der Waals surface area (Å²) >= 11 is 0. The highest BCUT2D eigenvalue weighted by Crippen LogP contribution is 2.31. The van der Waals surface area contributed by atoms with Crippen LogP contribution in [0.15, 0.2) is 70.9 Å². The molecule has 13 heteroatoms. The summed E-state index contributed by atoms with van der Waals surface area (Å²) in [6.07, 6.45) is -1.20. The number of rotatable bonds is 7. The number of nitrogens with two attached hydrogens (primary N) is 1. The van der Waals surface area contributed by atoms with Crippen LogP contribution >= 0.6 is 0 Å². The predicted octanol–water partition coefficient (Wildman–Crippen LogP) is 3.20. The van der Waals surface area contributed by atoms with Gasteiger partial charge in [0.25, 0.3) is 0 Å². The zero-order chi connectivity index (χ0) is 24.9. The molecule has 0 aliphatic heterocycles. The van der Waals surface area contributed by atoms with Crippen molar-refractivity contribution >= 4 is 21.8 Å². The van der Waals surface area contributed by atoms with Crippen molar-refractivity contribution in [2.24, 2.45) is 10.7 Å². The van der Waals surface area contributed by atoms with Crippen LogP contribution in [0.5, 0.6) is 0 Å². The van der Waals surface area contributed by atoms with Crippen molar-refractivity contribution in [3.05, 3.63) is 78.0 Å². The highest BCUT2D eigenvalue weighted by atomic mass is 32.2. The number of hydrogen-bond acceptors (Lipinski definition) is 6. The Morgan fingerprint density at radius 3 is 2.41 bits per heavy atom. The number of hydrogen-bond donors (Lipinski definition) is 2. The van der Waals surface area contributed by atoms with Crippen molar-refractivity contribution in [3.63, 3.8) is 0 Å². The number of anilines is 1. The van der Waals surface area contributed by atoms with Gasteiger partial charge in [-0.3, -0.25) is 15.0 Å². The second kappa shape index (κ2) is 10.1. The molecule has 0 aliphatic rings. The molecule has 0 aliphatic carbocycles. The molecule has 3 rings (SSSR count). The first-order valence-corrected chi connectivity index (χ1v) is 11.4. The summed E-state index contributed by atoms with van der Waals surface area (Å²) in [6.45, 7) is 1.35. The average molecular weight is 494 g/mol. The van der Waals surface area contributed by atoms with Crippen molar-refractivity contribution in [3.8, 4) is 0 Å². The van der Waals surface area contributed by atoms with E-state index in [1.807, 2.05) is 0 Å². The van der Waals surface area contributed by atoms with Crippen molar-refractivity contribution in [1.29, 1.82) is 0 Å². The van der Waals surface area contributed by atoms with E-state index in [4.69, 9.17) is 5.73 Å². The summed E-state index contributed by atoms with van der Waals surface area (Å²) in [5.74, 6) is 0.387.